The molecule has 0 aliphatic rings. The summed E-state index contributed by atoms with van der Waals surface area (Å²) < 4.78 is 25.0. The van der Waals surface area contributed by atoms with Crippen molar-refractivity contribution in [3.63, 3.8) is 0 Å². The fourth-order valence-electron chi connectivity index (χ4n) is 21.1. The van der Waals surface area contributed by atoms with E-state index >= 15 is 0 Å². The molecule has 0 saturated carbocycles. The molecule has 12 heterocycles. The highest BCUT2D eigenvalue weighted by atomic mass is 32.1. The van der Waals surface area contributed by atoms with Crippen LogP contribution in [-0.2, 0) is 0 Å². The van der Waals surface area contributed by atoms with Gasteiger partial charge in [0.15, 0.2) is 0 Å². The normalized spacial score (nSPS) is 12.1. The van der Waals surface area contributed by atoms with E-state index in [4.69, 9.17) is 34.3 Å². The van der Waals surface area contributed by atoms with Gasteiger partial charge in [-0.25, -0.2) is 29.9 Å². The Morgan fingerprint density at radius 1 is 0.163 bits per heavy atom. The van der Waals surface area contributed by atoms with Gasteiger partial charge >= 0.3 is 0 Å². The third-order valence-electron chi connectivity index (χ3n) is 27.4. The summed E-state index contributed by atoms with van der Waals surface area (Å²) in [7, 11) is 0. The molecule has 135 heavy (non-hydrogen) atoms. The zero-order valence-corrected chi connectivity index (χ0v) is 73.6. The van der Waals surface area contributed by atoms with Crippen LogP contribution in [0.25, 0.3) is 273 Å². The molecule has 0 radical (unpaired) electrons. The number of benzene rings is 19. The minimum Gasteiger partial charge on any atom is -0.456 e. The molecule has 31 aromatic rings. The fourth-order valence-corrected chi connectivity index (χ4v) is 23.4. The Labute approximate surface area is 775 Å². The van der Waals surface area contributed by atoms with Gasteiger partial charge in [-0.1, -0.05) is 255 Å². The first-order valence-electron chi connectivity index (χ1n) is 45.4. The van der Waals surface area contributed by atoms with Crippen LogP contribution in [0.4, 0.5) is 0 Å². The lowest BCUT2D eigenvalue weighted by molar-refractivity contribution is 0.669. The summed E-state index contributed by atoms with van der Waals surface area (Å²) in [6, 6.07) is 151. The molecule has 628 valence electrons. The number of furan rings is 1. The predicted molar refractivity (Wildman–Crippen MR) is 562 cm³/mol. The molecule has 0 spiro atoms. The second-order valence-corrected chi connectivity index (χ2v) is 37.0. The van der Waals surface area contributed by atoms with E-state index in [9.17, 15) is 0 Å². The summed E-state index contributed by atoms with van der Waals surface area (Å²) in [5.41, 5.74) is 29.5. The zero-order chi connectivity index (χ0) is 88.2. The number of hydrogen-bond donors (Lipinski definition) is 0. The molecular formula is C120H70N12OS2. The van der Waals surface area contributed by atoms with Crippen molar-refractivity contribution >= 4 is 233 Å². The van der Waals surface area contributed by atoms with Gasteiger partial charge in [-0.15, -0.1) is 22.7 Å². The maximum Gasteiger partial charge on any atom is 0.221 e. The van der Waals surface area contributed by atoms with Crippen molar-refractivity contribution in [1.82, 2.24) is 56.8 Å². The van der Waals surface area contributed by atoms with E-state index in [0.717, 1.165) is 167 Å². The number of nitrogens with zero attached hydrogens (tertiary/aromatic N) is 12. The summed E-state index contributed by atoms with van der Waals surface area (Å²) in [6.07, 6.45) is 0. The van der Waals surface area contributed by atoms with Crippen LogP contribution >= 0.6 is 22.7 Å². The lowest BCUT2D eigenvalue weighted by atomic mass is 9.98. The van der Waals surface area contributed by atoms with E-state index in [1.807, 2.05) is 77.3 Å². The van der Waals surface area contributed by atoms with Gasteiger partial charge in [0, 0.05) is 99.6 Å². The number of imidazole rings is 3. The van der Waals surface area contributed by atoms with Gasteiger partial charge in [-0.2, -0.15) is 0 Å². The van der Waals surface area contributed by atoms with Crippen molar-refractivity contribution in [2.45, 2.75) is 0 Å². The second-order valence-electron chi connectivity index (χ2n) is 34.8. The Morgan fingerprint density at radius 2 is 0.422 bits per heavy atom. The van der Waals surface area contributed by atoms with Gasteiger partial charge in [-0.05, 0) is 214 Å². The van der Waals surface area contributed by atoms with Gasteiger partial charge < -0.3 is 4.42 Å². The van der Waals surface area contributed by atoms with E-state index in [1.165, 1.54) is 106 Å². The first kappa shape index (κ1) is 75.1. The average molecular weight is 1760 g/mol. The standard InChI is InChI=1S/C44H26N4S.C38H22N4O.C38H22N4S/c1-4-12-36-34(11-1)43-45-37-13-5-7-15-40(37)48(43)44(46-36)47-38-14-6-2-9-31(38)35-25-29(22-24-39(35)47)27-17-19-28(20-18-27)30-21-23-33-32-10-3-8-16-41(32)49-42(33)26-30;2*1-4-12-30-28(11-1)37-39-31-13-5-7-15-34(31)42(37)38(40-30)41-32-14-6-2-9-25(32)29-21-23(18-20-33(29)41)24-17-19-27-26-10-3-8-16-35(26)43-36(27)22-24/h1-26H;2*1-22H. The fraction of sp³-hybridized carbons (Fsp3) is 0. The van der Waals surface area contributed by atoms with Crippen LogP contribution in [0.2, 0.25) is 0 Å². The average Bonchev–Trinajstić information content (AvgIpc) is 1.57. The molecule has 0 bridgehead atoms. The van der Waals surface area contributed by atoms with E-state index in [0.29, 0.717) is 0 Å². The van der Waals surface area contributed by atoms with E-state index in [1.54, 1.807) is 0 Å². The van der Waals surface area contributed by atoms with Crippen molar-refractivity contribution in [2.75, 3.05) is 0 Å². The van der Waals surface area contributed by atoms with Crippen LogP contribution in [0.3, 0.4) is 0 Å². The number of para-hydroxylation sites is 13. The monoisotopic (exact) mass is 1760 g/mol. The highest BCUT2D eigenvalue weighted by Crippen LogP contribution is 2.46. The second kappa shape index (κ2) is 29.4. The molecule has 0 aliphatic heterocycles. The lowest BCUT2D eigenvalue weighted by Crippen LogP contribution is -2.06. The van der Waals surface area contributed by atoms with Gasteiger partial charge in [0.05, 0.1) is 82.8 Å². The molecule has 15 heteroatoms. The van der Waals surface area contributed by atoms with Crippen LogP contribution in [0, 0.1) is 0 Å². The zero-order valence-electron chi connectivity index (χ0n) is 72.0. The Balaban J connectivity index is 0.0000000987. The first-order valence-corrected chi connectivity index (χ1v) is 47.0. The van der Waals surface area contributed by atoms with Crippen LogP contribution in [0.5, 0.6) is 0 Å². The number of thiophene rings is 2. The minimum atomic E-state index is 0.824. The molecule has 19 aromatic carbocycles. The molecule has 0 atom stereocenters. The Hall–Kier alpha value is -17.8. The molecule has 12 aromatic heterocycles. The van der Waals surface area contributed by atoms with Crippen molar-refractivity contribution in [1.29, 1.82) is 0 Å². The van der Waals surface area contributed by atoms with Crippen LogP contribution in [0.15, 0.2) is 429 Å². The van der Waals surface area contributed by atoms with E-state index in [2.05, 4.69) is 397 Å². The molecule has 0 amide bonds. The molecule has 0 unspecified atom stereocenters. The SMILES string of the molecule is c1ccc2c(c1)nc(-n1c3ccccc3c3cc(-c4ccc(-c5ccc6c(c5)sc5ccccc56)cc4)ccc31)n1c3ccccc3nc21.c1ccc2c(c1)nc(-n1c3ccccc3c3cc(-c4ccc5c(c4)oc4ccccc45)ccc31)n1c3ccccc3nc21.c1ccc2c(c1)nc(-n1c3ccccc3c3cc(-c4ccc5c(c4)sc4ccccc45)ccc31)n1c3ccccc3nc21. The molecule has 31 rings (SSSR count). The summed E-state index contributed by atoms with van der Waals surface area (Å²) in [5.74, 6) is 2.50. The Bertz CT molecular complexity index is 10100. The van der Waals surface area contributed by atoms with Crippen LogP contribution in [-0.4, -0.2) is 56.8 Å². The predicted octanol–water partition coefficient (Wildman–Crippen LogP) is 31.7. The van der Waals surface area contributed by atoms with Crippen molar-refractivity contribution in [3.8, 4) is 62.4 Å². The molecule has 0 saturated heterocycles. The molecule has 13 nitrogen and oxygen atoms in total. The highest BCUT2D eigenvalue weighted by molar-refractivity contribution is 7.26. The third-order valence-corrected chi connectivity index (χ3v) is 29.6. The van der Waals surface area contributed by atoms with Crippen molar-refractivity contribution in [3.05, 3.63) is 425 Å². The lowest BCUT2D eigenvalue weighted by Gasteiger charge is -2.12. The van der Waals surface area contributed by atoms with E-state index < -0.39 is 0 Å². The van der Waals surface area contributed by atoms with Crippen molar-refractivity contribution in [2.24, 2.45) is 0 Å². The summed E-state index contributed by atoms with van der Waals surface area (Å²) in [4.78, 5) is 31.1. The molecule has 0 aliphatic carbocycles. The largest absolute Gasteiger partial charge is 0.456 e. The molecule has 0 N–H and O–H groups in total. The Kier molecular flexibility index (Phi) is 16.3. The molecular weight excluding hydrogens is 1690 g/mol. The van der Waals surface area contributed by atoms with Crippen LogP contribution < -0.4 is 0 Å². The summed E-state index contributed by atoms with van der Waals surface area (Å²) in [6.45, 7) is 0. The van der Waals surface area contributed by atoms with Crippen molar-refractivity contribution < 1.29 is 4.42 Å². The summed E-state index contributed by atoms with van der Waals surface area (Å²) in [5, 5.41) is 17.9. The first-order chi connectivity index (χ1) is 66.9. The Morgan fingerprint density at radius 3 is 0.822 bits per heavy atom. The minimum absolute atomic E-state index is 0.824. The summed E-state index contributed by atoms with van der Waals surface area (Å²) >= 11 is 3.72. The smallest absolute Gasteiger partial charge is 0.221 e. The topological polar surface area (TPSA) is 119 Å². The maximum atomic E-state index is 6.22. The number of fused-ring (bicyclic) bond motifs is 33. The van der Waals surface area contributed by atoms with Crippen LogP contribution in [0.1, 0.15) is 0 Å². The number of hydrogen-bond acceptors (Lipinski definition) is 9. The van der Waals surface area contributed by atoms with Gasteiger partial charge in [0.25, 0.3) is 0 Å². The van der Waals surface area contributed by atoms with E-state index in [-0.39, 0.29) is 0 Å². The third kappa shape index (κ3) is 11.6. The highest BCUT2D eigenvalue weighted by Gasteiger charge is 2.27. The molecule has 0 fully saturated rings. The van der Waals surface area contributed by atoms with Gasteiger partial charge in [-0.3, -0.25) is 26.9 Å². The maximum absolute atomic E-state index is 6.22. The number of aromatic nitrogens is 12. The van der Waals surface area contributed by atoms with Gasteiger partial charge in [0.1, 0.15) is 28.1 Å². The number of rotatable bonds is 7. The van der Waals surface area contributed by atoms with Gasteiger partial charge in [0.2, 0.25) is 17.8 Å². The quantitative estimate of drug-likeness (QED) is 0.156.